The van der Waals surface area contributed by atoms with Crippen LogP contribution in [-0.2, 0) is 10.0 Å². The number of urea groups is 1. The van der Waals surface area contributed by atoms with E-state index in [0.29, 0.717) is 17.1 Å². The minimum atomic E-state index is -3.86. The maximum Gasteiger partial charge on any atom is 0.323 e. The Morgan fingerprint density at radius 3 is 2.18 bits per heavy atom. The maximum absolute atomic E-state index is 12.6. The molecule has 8 heteroatoms. The fourth-order valence-corrected chi connectivity index (χ4v) is 4.16. The number of nitrogens with one attached hydrogen (secondary N) is 3. The molecule has 0 aliphatic heterocycles. The van der Waals surface area contributed by atoms with Crippen LogP contribution >= 0.6 is 11.6 Å². The second-order valence-electron chi connectivity index (χ2n) is 6.07. The van der Waals surface area contributed by atoms with E-state index in [-0.39, 0.29) is 9.92 Å². The summed E-state index contributed by atoms with van der Waals surface area (Å²) in [5, 5.41) is 5.50. The predicted molar refractivity (Wildman–Crippen MR) is 113 cm³/mol. The topological polar surface area (TPSA) is 87.3 Å². The van der Waals surface area contributed by atoms with Gasteiger partial charge in [0, 0.05) is 11.4 Å². The van der Waals surface area contributed by atoms with Crippen molar-refractivity contribution < 1.29 is 13.2 Å². The molecule has 2 amide bonds. The van der Waals surface area contributed by atoms with Crippen LogP contribution in [0.15, 0.2) is 77.7 Å². The lowest BCUT2D eigenvalue weighted by molar-refractivity contribution is 0.262. The number of carbonyl (C=O) groups excluding carboxylic acids is 1. The van der Waals surface area contributed by atoms with Crippen LogP contribution in [0.5, 0.6) is 0 Å². The largest absolute Gasteiger partial charge is 0.323 e. The normalized spacial score (nSPS) is 10.9. The molecule has 3 N–H and O–H groups in total. The summed E-state index contributed by atoms with van der Waals surface area (Å²) in [6.07, 6.45) is 0. The van der Waals surface area contributed by atoms with Gasteiger partial charge in [-0.2, -0.15) is 0 Å². The highest BCUT2D eigenvalue weighted by Crippen LogP contribution is 2.25. The highest BCUT2D eigenvalue weighted by Gasteiger charge is 2.18. The lowest BCUT2D eigenvalue weighted by atomic mass is 10.2. The molecule has 0 heterocycles. The number of halogens is 1. The highest BCUT2D eigenvalue weighted by atomic mass is 35.5. The van der Waals surface area contributed by atoms with E-state index < -0.39 is 16.1 Å². The molecule has 0 unspecified atom stereocenters. The van der Waals surface area contributed by atoms with Crippen molar-refractivity contribution in [3.63, 3.8) is 0 Å². The van der Waals surface area contributed by atoms with Gasteiger partial charge in [-0.25, -0.2) is 13.2 Å². The van der Waals surface area contributed by atoms with E-state index >= 15 is 0 Å². The summed E-state index contributed by atoms with van der Waals surface area (Å²) in [6, 6.07) is 19.6. The molecule has 144 valence electrons. The number of anilines is 3. The molecule has 0 fully saturated rings. The van der Waals surface area contributed by atoms with Crippen molar-refractivity contribution in [1.29, 1.82) is 0 Å². The second-order valence-corrected chi connectivity index (χ2v) is 8.12. The van der Waals surface area contributed by atoms with Gasteiger partial charge in [-0.15, -0.1) is 0 Å². The Morgan fingerprint density at radius 2 is 1.46 bits per heavy atom. The van der Waals surface area contributed by atoms with E-state index in [1.165, 1.54) is 12.1 Å². The fraction of sp³-hybridized carbons (Fsp3) is 0.0500. The molecule has 0 saturated heterocycles. The van der Waals surface area contributed by atoms with Crippen LogP contribution in [0, 0.1) is 6.92 Å². The third-order valence-corrected chi connectivity index (χ3v) is 5.65. The number of benzene rings is 3. The number of carbonyl (C=O) groups is 1. The number of sulfonamides is 1. The number of rotatable bonds is 5. The smallest absolute Gasteiger partial charge is 0.308 e. The number of aryl methyl sites for hydroxylation is 1. The first-order valence-corrected chi connectivity index (χ1v) is 10.2. The molecule has 28 heavy (non-hydrogen) atoms. The van der Waals surface area contributed by atoms with Crippen LogP contribution in [-0.4, -0.2) is 14.4 Å². The van der Waals surface area contributed by atoms with Gasteiger partial charge in [-0.05, 0) is 55.0 Å². The van der Waals surface area contributed by atoms with Gasteiger partial charge >= 0.3 is 6.03 Å². The van der Waals surface area contributed by atoms with E-state index in [1.807, 2.05) is 13.0 Å². The number of para-hydroxylation sites is 1. The Balaban J connectivity index is 1.73. The maximum atomic E-state index is 12.6. The number of amides is 2. The van der Waals surface area contributed by atoms with Crippen LogP contribution in [0.2, 0.25) is 5.02 Å². The minimum absolute atomic E-state index is 0.0139. The fourth-order valence-electron chi connectivity index (χ4n) is 2.51. The summed E-state index contributed by atoms with van der Waals surface area (Å²) >= 11 is 6.07. The number of hydrogen-bond donors (Lipinski definition) is 3. The molecule has 0 bridgehead atoms. The average molecular weight is 416 g/mol. The predicted octanol–water partition coefficient (Wildman–Crippen LogP) is 5.09. The van der Waals surface area contributed by atoms with E-state index in [4.69, 9.17) is 11.6 Å². The number of hydrogen-bond acceptors (Lipinski definition) is 3. The van der Waals surface area contributed by atoms with Gasteiger partial charge in [0.1, 0.15) is 4.90 Å². The molecule has 0 atom stereocenters. The van der Waals surface area contributed by atoms with Gasteiger partial charge < -0.3 is 10.6 Å². The molecule has 0 spiro atoms. The molecule has 3 aromatic carbocycles. The first kappa shape index (κ1) is 19.7. The highest BCUT2D eigenvalue weighted by molar-refractivity contribution is 7.92. The minimum Gasteiger partial charge on any atom is -0.308 e. The van der Waals surface area contributed by atoms with Crippen LogP contribution in [0.3, 0.4) is 0 Å². The van der Waals surface area contributed by atoms with Gasteiger partial charge in [-0.3, -0.25) is 4.72 Å². The Labute approximate surface area is 168 Å². The summed E-state index contributed by atoms with van der Waals surface area (Å²) in [7, 11) is -3.86. The lowest BCUT2D eigenvalue weighted by Crippen LogP contribution is -2.19. The molecule has 3 rings (SSSR count). The second kappa shape index (κ2) is 8.33. The van der Waals surface area contributed by atoms with Crippen molar-refractivity contribution in [3.05, 3.63) is 83.4 Å². The van der Waals surface area contributed by atoms with Gasteiger partial charge in [0.05, 0.1) is 10.7 Å². The summed E-state index contributed by atoms with van der Waals surface area (Å²) in [6.45, 7) is 1.82. The lowest BCUT2D eigenvalue weighted by Gasteiger charge is -2.12. The molecule has 0 saturated carbocycles. The molecule has 0 aliphatic carbocycles. The summed E-state index contributed by atoms with van der Waals surface area (Å²) < 4.78 is 27.7. The van der Waals surface area contributed by atoms with Gasteiger partial charge in [0.25, 0.3) is 10.0 Å². The van der Waals surface area contributed by atoms with E-state index in [2.05, 4.69) is 15.4 Å². The first-order chi connectivity index (χ1) is 13.3. The third-order valence-electron chi connectivity index (χ3n) is 3.78. The molecular formula is C20H18ClN3O3S. The first-order valence-electron chi connectivity index (χ1n) is 8.35. The summed E-state index contributed by atoms with van der Waals surface area (Å²) in [5.41, 5.74) is 2.24. The van der Waals surface area contributed by atoms with Gasteiger partial charge in [-0.1, -0.05) is 41.9 Å². The van der Waals surface area contributed by atoms with Gasteiger partial charge in [0.15, 0.2) is 0 Å². The zero-order chi connectivity index (χ0) is 20.1. The SMILES string of the molecule is Cc1ccc(S(=O)(=O)Nc2cccc(NC(=O)Nc3ccccc3)c2)c(Cl)c1. The van der Waals surface area contributed by atoms with Crippen molar-refractivity contribution in [3.8, 4) is 0 Å². The van der Waals surface area contributed by atoms with Crippen molar-refractivity contribution in [2.45, 2.75) is 11.8 Å². The quantitative estimate of drug-likeness (QED) is 0.542. The van der Waals surface area contributed by atoms with Crippen molar-refractivity contribution in [1.82, 2.24) is 0 Å². The van der Waals surface area contributed by atoms with Crippen LogP contribution in [0.25, 0.3) is 0 Å². The average Bonchev–Trinajstić information content (AvgIpc) is 2.62. The van der Waals surface area contributed by atoms with Crippen LogP contribution in [0.4, 0.5) is 21.9 Å². The Kier molecular flexibility index (Phi) is 5.87. The van der Waals surface area contributed by atoms with E-state index in [0.717, 1.165) is 5.56 Å². The Hall–Kier alpha value is -3.03. The monoisotopic (exact) mass is 415 g/mol. The van der Waals surface area contributed by atoms with E-state index in [9.17, 15) is 13.2 Å². The van der Waals surface area contributed by atoms with Crippen molar-refractivity contribution in [2.24, 2.45) is 0 Å². The molecule has 6 nitrogen and oxygen atoms in total. The molecule has 0 aromatic heterocycles. The standard InChI is InChI=1S/C20H18ClN3O3S/c1-14-10-11-19(18(21)12-14)28(26,27)24-17-9-5-8-16(13-17)23-20(25)22-15-6-3-2-4-7-15/h2-13,24H,1H3,(H2,22,23,25). The molecule has 3 aromatic rings. The summed E-state index contributed by atoms with van der Waals surface area (Å²) in [4.78, 5) is 12.1. The van der Waals surface area contributed by atoms with E-state index in [1.54, 1.807) is 54.6 Å². The zero-order valence-electron chi connectivity index (χ0n) is 14.9. The molecule has 0 radical (unpaired) electrons. The van der Waals surface area contributed by atoms with Crippen LogP contribution < -0.4 is 15.4 Å². The molecular weight excluding hydrogens is 398 g/mol. The zero-order valence-corrected chi connectivity index (χ0v) is 16.5. The van der Waals surface area contributed by atoms with Crippen molar-refractivity contribution >= 4 is 44.7 Å². The van der Waals surface area contributed by atoms with Crippen LogP contribution in [0.1, 0.15) is 5.56 Å². The Morgan fingerprint density at radius 1 is 0.821 bits per heavy atom. The molecule has 0 aliphatic rings. The Bertz CT molecular complexity index is 1100. The summed E-state index contributed by atoms with van der Waals surface area (Å²) in [5.74, 6) is 0. The third kappa shape index (κ3) is 5.03. The van der Waals surface area contributed by atoms with Gasteiger partial charge in [0.2, 0.25) is 0 Å². The van der Waals surface area contributed by atoms with Crippen molar-refractivity contribution in [2.75, 3.05) is 15.4 Å².